The molecule has 8 nitrogen and oxygen atoms in total. The molecule has 0 atom stereocenters. The monoisotopic (exact) mass is 404 g/mol. The highest BCUT2D eigenvalue weighted by atomic mass is 16.5. The number of para-hydroxylation sites is 1. The highest BCUT2D eigenvalue weighted by Gasteiger charge is 2.07. The number of aromatic nitrogens is 2. The van der Waals surface area contributed by atoms with E-state index in [9.17, 15) is 9.59 Å². The molecule has 3 rings (SSSR count). The van der Waals surface area contributed by atoms with Gasteiger partial charge >= 0.3 is 0 Å². The zero-order valence-electron chi connectivity index (χ0n) is 16.4. The van der Waals surface area contributed by atoms with Gasteiger partial charge in [0.05, 0.1) is 24.9 Å². The first-order valence-corrected chi connectivity index (χ1v) is 9.22. The number of hydrogen-bond donors (Lipinski definition) is 1. The second-order valence-electron chi connectivity index (χ2n) is 6.26. The molecule has 0 saturated carbocycles. The van der Waals surface area contributed by atoms with Crippen molar-refractivity contribution in [1.29, 1.82) is 5.26 Å². The molecule has 0 unspecified atom stereocenters. The number of hydrogen-bond acceptors (Lipinski definition) is 6. The van der Waals surface area contributed by atoms with Gasteiger partial charge in [0.25, 0.3) is 11.5 Å². The molecular weight excluding hydrogens is 384 g/mol. The minimum atomic E-state index is -0.359. The van der Waals surface area contributed by atoms with E-state index in [1.807, 2.05) is 30.3 Å². The van der Waals surface area contributed by atoms with Gasteiger partial charge < -0.3 is 14.8 Å². The van der Waals surface area contributed by atoms with Gasteiger partial charge in [0.2, 0.25) is 0 Å². The summed E-state index contributed by atoms with van der Waals surface area (Å²) < 4.78 is 11.8. The van der Waals surface area contributed by atoms with Crippen LogP contribution in [0.3, 0.4) is 0 Å². The first kappa shape index (κ1) is 20.6. The molecule has 0 spiro atoms. The Labute approximate surface area is 173 Å². The standard InChI is InChI=1S/C22H20N4O4/c1-29-18-8-6-16(7-9-18)19-10-11-22(28)26(25-19)13-12-24-21(27)15-30-20-5-3-2-4-17(20)14-23/h2-11H,12-13,15H2,1H3,(H,24,27). The quantitative estimate of drug-likeness (QED) is 0.615. The maximum atomic E-state index is 12.1. The number of amides is 1. The van der Waals surface area contributed by atoms with Crippen molar-refractivity contribution in [3.63, 3.8) is 0 Å². The lowest BCUT2D eigenvalue weighted by molar-refractivity contribution is -0.123. The number of nitriles is 1. The van der Waals surface area contributed by atoms with E-state index in [4.69, 9.17) is 14.7 Å². The summed E-state index contributed by atoms with van der Waals surface area (Å²) in [6.07, 6.45) is 0. The SMILES string of the molecule is COc1ccc(-c2ccc(=O)n(CCNC(=O)COc3ccccc3C#N)n2)cc1. The van der Waals surface area contributed by atoms with Crippen LogP contribution < -0.4 is 20.3 Å². The second kappa shape index (κ2) is 9.89. The van der Waals surface area contributed by atoms with E-state index in [1.54, 1.807) is 37.4 Å². The van der Waals surface area contributed by atoms with Crippen molar-refractivity contribution in [3.8, 4) is 28.8 Å². The summed E-state index contributed by atoms with van der Waals surface area (Å²) in [6.45, 7) is 0.192. The van der Waals surface area contributed by atoms with E-state index >= 15 is 0 Å². The minimum Gasteiger partial charge on any atom is -0.497 e. The van der Waals surface area contributed by atoms with E-state index < -0.39 is 0 Å². The molecule has 0 saturated heterocycles. The molecular formula is C22H20N4O4. The summed E-state index contributed by atoms with van der Waals surface area (Å²) >= 11 is 0. The third-order valence-corrected chi connectivity index (χ3v) is 4.26. The van der Waals surface area contributed by atoms with E-state index in [-0.39, 0.29) is 31.2 Å². The molecule has 3 aromatic rings. The number of nitrogens with one attached hydrogen (secondary N) is 1. The Balaban J connectivity index is 1.55. The van der Waals surface area contributed by atoms with E-state index in [2.05, 4.69) is 10.4 Å². The minimum absolute atomic E-state index is 0.209. The number of carbonyl (C=O) groups excluding carboxylic acids is 1. The van der Waals surface area contributed by atoms with Crippen LogP contribution in [-0.4, -0.2) is 35.9 Å². The fourth-order valence-electron chi connectivity index (χ4n) is 2.71. The van der Waals surface area contributed by atoms with Gasteiger partial charge in [0.15, 0.2) is 6.61 Å². The Morgan fingerprint density at radius 1 is 1.13 bits per heavy atom. The highest BCUT2D eigenvalue weighted by Crippen LogP contribution is 2.19. The predicted molar refractivity (Wildman–Crippen MR) is 110 cm³/mol. The van der Waals surface area contributed by atoms with Crippen LogP contribution in [0.15, 0.2) is 65.5 Å². The van der Waals surface area contributed by atoms with Crippen molar-refractivity contribution in [2.45, 2.75) is 6.54 Å². The van der Waals surface area contributed by atoms with Gasteiger partial charge in [0, 0.05) is 18.2 Å². The summed E-state index contributed by atoms with van der Waals surface area (Å²) in [4.78, 5) is 24.1. The number of methoxy groups -OCH3 is 1. The smallest absolute Gasteiger partial charge is 0.266 e. The van der Waals surface area contributed by atoms with Crippen LogP contribution in [0.1, 0.15) is 5.56 Å². The zero-order valence-corrected chi connectivity index (χ0v) is 16.4. The van der Waals surface area contributed by atoms with Gasteiger partial charge in [-0.1, -0.05) is 12.1 Å². The molecule has 0 radical (unpaired) electrons. The average molecular weight is 404 g/mol. The van der Waals surface area contributed by atoms with Crippen LogP contribution in [0.25, 0.3) is 11.3 Å². The topological polar surface area (TPSA) is 106 Å². The predicted octanol–water partition coefficient (Wildman–Crippen LogP) is 1.99. The zero-order chi connectivity index (χ0) is 21.3. The molecule has 152 valence electrons. The Hall–Kier alpha value is -4.12. The first-order valence-electron chi connectivity index (χ1n) is 9.22. The van der Waals surface area contributed by atoms with Crippen molar-refractivity contribution in [2.75, 3.05) is 20.3 Å². The van der Waals surface area contributed by atoms with Crippen molar-refractivity contribution in [2.24, 2.45) is 0 Å². The number of rotatable bonds is 8. The fourth-order valence-corrected chi connectivity index (χ4v) is 2.71. The van der Waals surface area contributed by atoms with Crippen LogP contribution in [0, 0.1) is 11.3 Å². The molecule has 1 amide bonds. The number of carbonyl (C=O) groups is 1. The average Bonchev–Trinajstić information content (AvgIpc) is 2.79. The Morgan fingerprint density at radius 2 is 1.90 bits per heavy atom. The third kappa shape index (κ3) is 5.23. The number of ether oxygens (including phenoxy) is 2. The summed E-state index contributed by atoms with van der Waals surface area (Å²) in [5.41, 5.74) is 1.58. The lowest BCUT2D eigenvalue weighted by Gasteiger charge is -2.10. The first-order chi connectivity index (χ1) is 14.6. The van der Waals surface area contributed by atoms with Gasteiger partial charge in [-0.2, -0.15) is 10.4 Å². The highest BCUT2D eigenvalue weighted by molar-refractivity contribution is 5.77. The maximum absolute atomic E-state index is 12.1. The molecule has 1 aromatic heterocycles. The normalized spacial score (nSPS) is 10.1. The Kier molecular flexibility index (Phi) is 6.79. The summed E-state index contributed by atoms with van der Waals surface area (Å²) in [6, 6.07) is 19.1. The molecule has 30 heavy (non-hydrogen) atoms. The largest absolute Gasteiger partial charge is 0.497 e. The second-order valence-corrected chi connectivity index (χ2v) is 6.26. The molecule has 0 aliphatic heterocycles. The van der Waals surface area contributed by atoms with Gasteiger partial charge in [-0.15, -0.1) is 0 Å². The molecule has 8 heteroatoms. The van der Waals surface area contributed by atoms with E-state index in [1.165, 1.54) is 10.7 Å². The molecule has 2 aromatic carbocycles. The van der Waals surface area contributed by atoms with Crippen molar-refractivity contribution < 1.29 is 14.3 Å². The fraction of sp³-hybridized carbons (Fsp3) is 0.182. The van der Waals surface area contributed by atoms with Gasteiger partial charge in [-0.3, -0.25) is 9.59 Å². The summed E-state index contributed by atoms with van der Waals surface area (Å²) in [5.74, 6) is 0.719. The summed E-state index contributed by atoms with van der Waals surface area (Å²) in [7, 11) is 1.59. The van der Waals surface area contributed by atoms with Gasteiger partial charge in [-0.05, 0) is 42.5 Å². The Bertz CT molecular complexity index is 1120. The van der Waals surface area contributed by atoms with Crippen LogP contribution in [-0.2, 0) is 11.3 Å². The third-order valence-electron chi connectivity index (χ3n) is 4.26. The molecule has 0 aliphatic rings. The molecule has 1 heterocycles. The lowest BCUT2D eigenvalue weighted by atomic mass is 10.1. The number of benzene rings is 2. The van der Waals surface area contributed by atoms with Crippen molar-refractivity contribution in [1.82, 2.24) is 15.1 Å². The van der Waals surface area contributed by atoms with Gasteiger partial charge in [-0.25, -0.2) is 4.68 Å². The van der Waals surface area contributed by atoms with E-state index in [0.29, 0.717) is 17.0 Å². The van der Waals surface area contributed by atoms with Crippen LogP contribution >= 0.6 is 0 Å². The lowest BCUT2D eigenvalue weighted by Crippen LogP contribution is -2.34. The van der Waals surface area contributed by atoms with E-state index in [0.717, 1.165) is 11.3 Å². The van der Waals surface area contributed by atoms with Gasteiger partial charge in [0.1, 0.15) is 17.6 Å². The van der Waals surface area contributed by atoms with Crippen molar-refractivity contribution in [3.05, 3.63) is 76.6 Å². The molecule has 0 fully saturated rings. The Morgan fingerprint density at radius 3 is 2.63 bits per heavy atom. The van der Waals surface area contributed by atoms with Crippen LogP contribution in [0.4, 0.5) is 0 Å². The molecule has 0 bridgehead atoms. The van der Waals surface area contributed by atoms with Crippen LogP contribution in [0.2, 0.25) is 0 Å². The maximum Gasteiger partial charge on any atom is 0.266 e. The van der Waals surface area contributed by atoms with Crippen LogP contribution in [0.5, 0.6) is 11.5 Å². The summed E-state index contributed by atoms with van der Waals surface area (Å²) in [5, 5.41) is 16.1. The molecule has 1 N–H and O–H groups in total. The number of nitrogens with zero attached hydrogens (tertiary/aromatic N) is 3. The molecule has 0 aliphatic carbocycles. The van der Waals surface area contributed by atoms with Crippen molar-refractivity contribution >= 4 is 5.91 Å².